The van der Waals surface area contributed by atoms with Crippen LogP contribution in [0.2, 0.25) is 0 Å². The Labute approximate surface area is 145 Å². The van der Waals surface area contributed by atoms with Crippen molar-refractivity contribution in [2.24, 2.45) is 0 Å². The molecule has 1 saturated heterocycles. The summed E-state index contributed by atoms with van der Waals surface area (Å²) in [6.07, 6.45) is -3.19. The van der Waals surface area contributed by atoms with Crippen molar-refractivity contribution in [3.63, 3.8) is 0 Å². The third-order valence-electron chi connectivity index (χ3n) is 3.31. The topological polar surface area (TPSA) is 36.4 Å². The highest BCUT2D eigenvalue weighted by atomic mass is 35.5. The maximum atomic E-state index is 13.0. The first-order valence-electron chi connectivity index (χ1n) is 6.49. The Morgan fingerprint density at radius 3 is 2.26 bits per heavy atom. The van der Waals surface area contributed by atoms with E-state index in [2.05, 4.69) is 4.98 Å². The van der Waals surface area contributed by atoms with Crippen LogP contribution in [0.5, 0.6) is 0 Å². The van der Waals surface area contributed by atoms with Gasteiger partial charge >= 0.3 is 6.18 Å². The number of hydrogen-bond donors (Lipinski definition) is 0. The number of hydrogen-bond acceptors (Lipinski definition) is 3. The third kappa shape index (κ3) is 4.22. The molecule has 1 aliphatic rings. The summed E-state index contributed by atoms with van der Waals surface area (Å²) in [6, 6.07) is 2.21. The average Bonchev–Trinajstić information content (AvgIpc) is 2.52. The van der Waals surface area contributed by atoms with Gasteiger partial charge in [0.25, 0.3) is 5.91 Å². The Morgan fingerprint density at radius 1 is 1.13 bits per heavy atom. The standard InChI is InChI=1S/C13H11Cl3F3N3O/c14-9(10(15)16)12(23)22-6-4-21(5-7-22)11-8(13(17,18)19)2-1-3-20-11/h1-3H,4-7H2. The van der Waals surface area contributed by atoms with Crippen molar-refractivity contribution in [2.75, 3.05) is 31.1 Å². The van der Waals surface area contributed by atoms with E-state index in [1.165, 1.54) is 22.1 Å². The summed E-state index contributed by atoms with van der Waals surface area (Å²) in [5, 5.41) is -0.310. The minimum absolute atomic E-state index is 0.149. The highest BCUT2D eigenvalue weighted by Gasteiger charge is 2.36. The molecule has 1 aliphatic heterocycles. The number of rotatable bonds is 2. The minimum Gasteiger partial charge on any atom is -0.353 e. The van der Waals surface area contributed by atoms with Crippen LogP contribution in [0.3, 0.4) is 0 Å². The molecule has 0 saturated carbocycles. The van der Waals surface area contributed by atoms with Crippen molar-refractivity contribution in [1.29, 1.82) is 0 Å². The second-order valence-electron chi connectivity index (χ2n) is 4.73. The Morgan fingerprint density at radius 2 is 1.74 bits per heavy atom. The predicted octanol–water partition coefficient (Wildman–Crippen LogP) is 3.63. The third-order valence-corrected chi connectivity index (χ3v) is 4.23. The van der Waals surface area contributed by atoms with Gasteiger partial charge in [0.1, 0.15) is 15.3 Å². The van der Waals surface area contributed by atoms with Crippen LogP contribution in [0.25, 0.3) is 0 Å². The first kappa shape index (κ1) is 18.2. The number of alkyl halides is 3. The van der Waals surface area contributed by atoms with Gasteiger partial charge in [-0.3, -0.25) is 4.79 Å². The van der Waals surface area contributed by atoms with Crippen LogP contribution >= 0.6 is 34.8 Å². The van der Waals surface area contributed by atoms with Gasteiger partial charge in [-0.05, 0) is 12.1 Å². The van der Waals surface area contributed by atoms with Crippen molar-refractivity contribution in [2.45, 2.75) is 6.18 Å². The second-order valence-corrected chi connectivity index (χ2v) is 6.05. The van der Waals surface area contributed by atoms with E-state index in [1.54, 1.807) is 0 Å². The molecular formula is C13H11Cl3F3N3O. The minimum atomic E-state index is -4.49. The molecule has 10 heteroatoms. The molecule has 0 aliphatic carbocycles. The fourth-order valence-corrected chi connectivity index (χ4v) is 2.49. The van der Waals surface area contributed by atoms with Gasteiger partial charge in [-0.1, -0.05) is 34.8 Å². The summed E-state index contributed by atoms with van der Waals surface area (Å²) >= 11 is 16.6. The fraction of sp³-hybridized carbons (Fsp3) is 0.385. The van der Waals surface area contributed by atoms with Gasteiger partial charge in [-0.25, -0.2) is 4.98 Å². The molecule has 1 fully saturated rings. The summed E-state index contributed by atoms with van der Waals surface area (Å²) in [4.78, 5) is 18.6. The molecule has 0 atom stereocenters. The summed E-state index contributed by atoms with van der Waals surface area (Å²) in [7, 11) is 0. The first-order valence-corrected chi connectivity index (χ1v) is 7.62. The fourth-order valence-electron chi connectivity index (χ4n) is 2.21. The Bertz CT molecular complexity index is 624. The van der Waals surface area contributed by atoms with Gasteiger partial charge in [0.2, 0.25) is 0 Å². The molecule has 0 bridgehead atoms. The smallest absolute Gasteiger partial charge is 0.353 e. The number of pyridine rings is 1. The molecule has 2 heterocycles. The van der Waals surface area contributed by atoms with E-state index < -0.39 is 17.6 Å². The molecule has 0 unspecified atom stereocenters. The number of anilines is 1. The van der Waals surface area contributed by atoms with Gasteiger partial charge in [-0.2, -0.15) is 13.2 Å². The lowest BCUT2D eigenvalue weighted by Gasteiger charge is -2.36. The molecule has 1 aromatic heterocycles. The zero-order valence-corrected chi connectivity index (χ0v) is 13.8. The lowest BCUT2D eigenvalue weighted by molar-refractivity contribution is -0.137. The van der Waals surface area contributed by atoms with Crippen LogP contribution in [0.15, 0.2) is 27.9 Å². The number of aromatic nitrogens is 1. The lowest BCUT2D eigenvalue weighted by Crippen LogP contribution is -2.49. The maximum absolute atomic E-state index is 13.0. The van der Waals surface area contributed by atoms with Gasteiger partial charge < -0.3 is 9.80 Å². The summed E-state index contributed by atoms with van der Waals surface area (Å²) in [6.45, 7) is 0.750. The Hall–Kier alpha value is -1.18. The van der Waals surface area contributed by atoms with E-state index in [-0.39, 0.29) is 41.5 Å². The number of halogens is 6. The molecule has 4 nitrogen and oxygen atoms in total. The van der Waals surface area contributed by atoms with Crippen molar-refractivity contribution in [3.05, 3.63) is 33.4 Å². The normalized spacial score (nSPS) is 15.6. The Balaban J connectivity index is 2.12. The number of carbonyl (C=O) groups is 1. The van der Waals surface area contributed by atoms with E-state index in [0.29, 0.717) is 0 Å². The van der Waals surface area contributed by atoms with E-state index in [4.69, 9.17) is 34.8 Å². The summed E-state index contributed by atoms with van der Waals surface area (Å²) in [5.74, 6) is -0.701. The summed E-state index contributed by atoms with van der Waals surface area (Å²) < 4.78 is 38.7. The maximum Gasteiger partial charge on any atom is 0.419 e. The second kappa shape index (κ2) is 7.15. The highest BCUT2D eigenvalue weighted by Crippen LogP contribution is 2.35. The molecule has 0 N–H and O–H groups in total. The molecular weight excluding hydrogens is 378 g/mol. The quantitative estimate of drug-likeness (QED) is 0.726. The van der Waals surface area contributed by atoms with E-state index in [9.17, 15) is 18.0 Å². The zero-order chi connectivity index (χ0) is 17.2. The van der Waals surface area contributed by atoms with Crippen LogP contribution in [-0.2, 0) is 11.0 Å². The monoisotopic (exact) mass is 387 g/mol. The number of piperazine rings is 1. The summed E-state index contributed by atoms with van der Waals surface area (Å²) in [5.41, 5.74) is -0.804. The number of amides is 1. The molecule has 126 valence electrons. The van der Waals surface area contributed by atoms with Crippen molar-refractivity contribution in [1.82, 2.24) is 9.88 Å². The van der Waals surface area contributed by atoms with Gasteiger partial charge in [0, 0.05) is 32.4 Å². The van der Waals surface area contributed by atoms with E-state index >= 15 is 0 Å². The van der Waals surface area contributed by atoms with Crippen LogP contribution in [-0.4, -0.2) is 42.0 Å². The first-order chi connectivity index (χ1) is 10.7. The molecule has 23 heavy (non-hydrogen) atoms. The largest absolute Gasteiger partial charge is 0.419 e. The zero-order valence-electron chi connectivity index (χ0n) is 11.6. The molecule has 0 radical (unpaired) electrons. The van der Waals surface area contributed by atoms with Gasteiger partial charge in [-0.15, -0.1) is 0 Å². The van der Waals surface area contributed by atoms with Crippen LogP contribution in [0.1, 0.15) is 5.56 Å². The average molecular weight is 389 g/mol. The predicted molar refractivity (Wildman–Crippen MR) is 82.6 cm³/mol. The van der Waals surface area contributed by atoms with E-state index in [1.807, 2.05) is 0 Å². The van der Waals surface area contributed by atoms with Crippen LogP contribution in [0.4, 0.5) is 19.0 Å². The van der Waals surface area contributed by atoms with Crippen LogP contribution in [0, 0.1) is 0 Å². The molecule has 1 amide bonds. The molecule has 0 spiro atoms. The number of nitrogens with zero attached hydrogens (tertiary/aromatic N) is 3. The van der Waals surface area contributed by atoms with Gasteiger partial charge in [0.15, 0.2) is 0 Å². The van der Waals surface area contributed by atoms with Crippen molar-refractivity contribution in [3.8, 4) is 0 Å². The van der Waals surface area contributed by atoms with Crippen LogP contribution < -0.4 is 4.90 Å². The molecule has 2 rings (SSSR count). The Kier molecular flexibility index (Phi) is 5.65. The molecule has 1 aromatic rings. The molecule has 0 aromatic carbocycles. The lowest BCUT2D eigenvalue weighted by atomic mass is 10.2. The highest BCUT2D eigenvalue weighted by molar-refractivity contribution is 6.62. The van der Waals surface area contributed by atoms with Crippen molar-refractivity contribution < 1.29 is 18.0 Å². The number of carbonyl (C=O) groups excluding carboxylic acids is 1. The van der Waals surface area contributed by atoms with Gasteiger partial charge in [0.05, 0.1) is 5.56 Å². The SMILES string of the molecule is O=C(C(Cl)=C(Cl)Cl)N1CCN(c2ncccc2C(F)(F)F)CC1. The van der Waals surface area contributed by atoms with E-state index in [0.717, 1.165) is 6.07 Å². The van der Waals surface area contributed by atoms with Crippen molar-refractivity contribution >= 4 is 46.5 Å².